The van der Waals surface area contributed by atoms with Gasteiger partial charge < -0.3 is 25.2 Å². The molecule has 0 radical (unpaired) electrons. The molecule has 192 valence electrons. The fourth-order valence-corrected chi connectivity index (χ4v) is 3.85. The number of nitrogens with zero attached hydrogens (tertiary/aromatic N) is 5. The molecule has 0 bridgehead atoms. The lowest BCUT2D eigenvalue weighted by Crippen LogP contribution is -2.29. The number of carbonyl (C=O) groups is 1. The van der Waals surface area contributed by atoms with Crippen molar-refractivity contribution in [1.82, 2.24) is 19.7 Å². The third-order valence-electron chi connectivity index (χ3n) is 5.82. The first-order valence-corrected chi connectivity index (χ1v) is 11.7. The molecule has 10 heteroatoms. The number of likely N-dealkylation sites (N-methyl/N-ethyl adjacent to an activating group) is 2. The number of nitrogens with one attached hydrogen (secondary N) is 2. The van der Waals surface area contributed by atoms with Gasteiger partial charge in [-0.2, -0.15) is 5.10 Å². The van der Waals surface area contributed by atoms with E-state index >= 15 is 0 Å². The average molecular weight is 504 g/mol. The highest BCUT2D eigenvalue weighted by Crippen LogP contribution is 2.38. The zero-order chi connectivity index (χ0) is 26.5. The van der Waals surface area contributed by atoms with Crippen LogP contribution in [0.25, 0.3) is 16.6 Å². The molecule has 0 spiro atoms. The summed E-state index contributed by atoms with van der Waals surface area (Å²) in [4.78, 5) is 20.8. The molecule has 2 N–H and O–H groups in total. The Morgan fingerprint density at radius 2 is 1.95 bits per heavy atom. The van der Waals surface area contributed by atoms with Crippen molar-refractivity contribution in [1.29, 1.82) is 0 Å². The van der Waals surface area contributed by atoms with Gasteiger partial charge >= 0.3 is 0 Å². The van der Waals surface area contributed by atoms with Crippen LogP contribution in [0.5, 0.6) is 5.75 Å². The number of hydrogen-bond acceptors (Lipinski definition) is 7. The first-order chi connectivity index (χ1) is 17.8. The SMILES string of the molecule is C=CC(=O)Nc1cc(Nc2cc3c(cn2)cnn3-c2cccc(F)c2)c(OC)cc1N(C)CCN(C)C. The van der Waals surface area contributed by atoms with Crippen LogP contribution in [0, 0.1) is 5.82 Å². The van der Waals surface area contributed by atoms with E-state index in [0.29, 0.717) is 28.6 Å². The van der Waals surface area contributed by atoms with Crippen LogP contribution in [-0.4, -0.2) is 66.9 Å². The van der Waals surface area contributed by atoms with E-state index in [1.54, 1.807) is 42.4 Å². The largest absolute Gasteiger partial charge is 0.494 e. The quantitative estimate of drug-likeness (QED) is 0.310. The molecule has 0 fully saturated rings. The molecular weight excluding hydrogens is 473 g/mol. The number of hydrogen-bond donors (Lipinski definition) is 2. The van der Waals surface area contributed by atoms with Gasteiger partial charge in [0.25, 0.3) is 0 Å². The number of methoxy groups -OCH3 is 1. The molecule has 2 aromatic heterocycles. The molecule has 4 rings (SSSR count). The fraction of sp³-hybridized carbons (Fsp3) is 0.222. The molecule has 0 aliphatic heterocycles. The van der Waals surface area contributed by atoms with Gasteiger partial charge in [-0.1, -0.05) is 12.6 Å². The van der Waals surface area contributed by atoms with E-state index in [0.717, 1.165) is 29.7 Å². The van der Waals surface area contributed by atoms with Crippen LogP contribution in [0.2, 0.25) is 0 Å². The van der Waals surface area contributed by atoms with E-state index in [9.17, 15) is 9.18 Å². The van der Waals surface area contributed by atoms with Crippen molar-refractivity contribution in [2.75, 3.05) is 56.9 Å². The van der Waals surface area contributed by atoms with Gasteiger partial charge in [-0.25, -0.2) is 14.1 Å². The van der Waals surface area contributed by atoms with Crippen molar-refractivity contribution in [3.63, 3.8) is 0 Å². The van der Waals surface area contributed by atoms with Crippen molar-refractivity contribution in [3.05, 3.63) is 73.3 Å². The number of carbonyl (C=O) groups excluding carboxylic acids is 1. The lowest BCUT2D eigenvalue weighted by atomic mass is 10.2. The topological polar surface area (TPSA) is 87.5 Å². The molecular formula is C27H30FN7O2. The molecule has 0 atom stereocenters. The number of aromatic nitrogens is 3. The van der Waals surface area contributed by atoms with Gasteiger partial charge in [0.05, 0.1) is 41.6 Å². The van der Waals surface area contributed by atoms with E-state index in [1.807, 2.05) is 38.2 Å². The molecule has 4 aromatic rings. The predicted octanol–water partition coefficient (Wildman–Crippen LogP) is 4.43. The van der Waals surface area contributed by atoms with E-state index in [-0.39, 0.29) is 11.7 Å². The molecule has 9 nitrogen and oxygen atoms in total. The summed E-state index contributed by atoms with van der Waals surface area (Å²) in [6.45, 7) is 5.13. The van der Waals surface area contributed by atoms with Gasteiger partial charge in [0.1, 0.15) is 17.4 Å². The Kier molecular flexibility index (Phi) is 7.69. The summed E-state index contributed by atoms with van der Waals surface area (Å²) in [5.41, 5.74) is 3.36. The van der Waals surface area contributed by atoms with E-state index in [1.165, 1.54) is 18.2 Å². The molecule has 0 unspecified atom stereocenters. The Morgan fingerprint density at radius 1 is 1.14 bits per heavy atom. The Balaban J connectivity index is 1.72. The average Bonchev–Trinajstić information content (AvgIpc) is 3.30. The number of halogens is 1. The van der Waals surface area contributed by atoms with Crippen LogP contribution in [-0.2, 0) is 4.79 Å². The predicted molar refractivity (Wildman–Crippen MR) is 146 cm³/mol. The smallest absolute Gasteiger partial charge is 0.247 e. The molecule has 0 aliphatic rings. The van der Waals surface area contributed by atoms with Gasteiger partial charge in [-0.15, -0.1) is 0 Å². The Morgan fingerprint density at radius 3 is 2.65 bits per heavy atom. The second kappa shape index (κ2) is 11.1. The van der Waals surface area contributed by atoms with Crippen LogP contribution < -0.4 is 20.3 Å². The molecule has 0 aliphatic carbocycles. The molecule has 2 heterocycles. The zero-order valence-electron chi connectivity index (χ0n) is 21.3. The van der Waals surface area contributed by atoms with Crippen LogP contribution in [0.4, 0.5) is 27.3 Å². The van der Waals surface area contributed by atoms with Crippen LogP contribution in [0.3, 0.4) is 0 Å². The van der Waals surface area contributed by atoms with Gasteiger partial charge in [0.2, 0.25) is 5.91 Å². The summed E-state index contributed by atoms with van der Waals surface area (Å²) in [5, 5.41) is 11.4. The van der Waals surface area contributed by atoms with Crippen molar-refractivity contribution in [2.24, 2.45) is 0 Å². The standard InChI is InChI=1S/C27H30FN7O2/c1-6-27(36)32-21-13-22(25(37-5)14-24(21)34(4)11-10-33(2)3)31-26-15-23-18(16-29-26)17-30-35(23)20-9-7-8-19(28)12-20/h6-9,12-17H,1,10-11H2,2-5H3,(H,29,31)(H,32,36). The first-order valence-electron chi connectivity index (χ1n) is 11.7. The number of benzene rings is 2. The minimum atomic E-state index is -0.344. The highest BCUT2D eigenvalue weighted by Gasteiger charge is 2.17. The lowest BCUT2D eigenvalue weighted by Gasteiger charge is -2.26. The Bertz CT molecular complexity index is 1430. The van der Waals surface area contributed by atoms with E-state index in [4.69, 9.17) is 4.74 Å². The molecule has 0 saturated heterocycles. The summed E-state index contributed by atoms with van der Waals surface area (Å²) in [7, 11) is 7.55. The Hall–Kier alpha value is -4.44. The summed E-state index contributed by atoms with van der Waals surface area (Å²) in [6, 6.07) is 11.7. The van der Waals surface area contributed by atoms with Gasteiger partial charge in [-0.3, -0.25) is 4.79 Å². The number of fused-ring (bicyclic) bond motifs is 1. The van der Waals surface area contributed by atoms with Gasteiger partial charge in [0.15, 0.2) is 0 Å². The third kappa shape index (κ3) is 5.87. The maximum Gasteiger partial charge on any atom is 0.247 e. The molecule has 37 heavy (non-hydrogen) atoms. The van der Waals surface area contributed by atoms with Crippen molar-refractivity contribution in [2.45, 2.75) is 0 Å². The monoisotopic (exact) mass is 503 g/mol. The first kappa shape index (κ1) is 25.6. The maximum absolute atomic E-state index is 13.8. The fourth-order valence-electron chi connectivity index (χ4n) is 3.85. The van der Waals surface area contributed by atoms with Crippen molar-refractivity contribution >= 4 is 39.7 Å². The zero-order valence-corrected chi connectivity index (χ0v) is 21.3. The maximum atomic E-state index is 13.8. The van der Waals surface area contributed by atoms with Gasteiger partial charge in [0, 0.05) is 43.9 Å². The van der Waals surface area contributed by atoms with Crippen molar-refractivity contribution in [3.8, 4) is 11.4 Å². The number of anilines is 4. The van der Waals surface area contributed by atoms with E-state index < -0.39 is 0 Å². The molecule has 1 amide bonds. The molecule has 0 saturated carbocycles. The second-order valence-corrected chi connectivity index (χ2v) is 8.78. The highest BCUT2D eigenvalue weighted by molar-refractivity contribution is 6.02. The number of rotatable bonds is 10. The summed E-state index contributed by atoms with van der Waals surface area (Å²) < 4.78 is 21.2. The normalized spacial score (nSPS) is 11.0. The van der Waals surface area contributed by atoms with Crippen LogP contribution in [0.1, 0.15) is 0 Å². The van der Waals surface area contributed by atoms with Crippen LogP contribution >= 0.6 is 0 Å². The highest BCUT2D eigenvalue weighted by atomic mass is 19.1. The number of amides is 1. The summed E-state index contributed by atoms with van der Waals surface area (Å²) in [5.74, 6) is 0.433. The third-order valence-corrected chi connectivity index (χ3v) is 5.82. The van der Waals surface area contributed by atoms with Crippen LogP contribution in [0.15, 0.2) is 67.5 Å². The van der Waals surface area contributed by atoms with E-state index in [2.05, 4.69) is 32.2 Å². The molecule has 2 aromatic carbocycles. The van der Waals surface area contributed by atoms with Gasteiger partial charge in [-0.05, 0) is 44.4 Å². The number of pyridine rings is 1. The summed E-state index contributed by atoms with van der Waals surface area (Å²) >= 11 is 0. The second-order valence-electron chi connectivity index (χ2n) is 8.78. The lowest BCUT2D eigenvalue weighted by molar-refractivity contribution is -0.111. The van der Waals surface area contributed by atoms with Crippen molar-refractivity contribution < 1.29 is 13.9 Å². The number of ether oxygens (including phenoxy) is 1. The Labute approximate surface area is 215 Å². The minimum Gasteiger partial charge on any atom is -0.494 e. The minimum absolute atomic E-state index is 0.322. The summed E-state index contributed by atoms with van der Waals surface area (Å²) in [6.07, 6.45) is 4.60.